The van der Waals surface area contributed by atoms with Crippen molar-refractivity contribution in [1.82, 2.24) is 0 Å². The predicted octanol–water partition coefficient (Wildman–Crippen LogP) is 5.55. The summed E-state index contributed by atoms with van der Waals surface area (Å²) in [5.74, 6) is -2.05. The predicted molar refractivity (Wildman–Crippen MR) is 136 cm³/mol. The average Bonchev–Trinajstić information content (AvgIpc) is 3.16. The van der Waals surface area contributed by atoms with Gasteiger partial charge in [-0.15, -0.1) is 0 Å². The van der Waals surface area contributed by atoms with E-state index in [9.17, 15) is 14.4 Å². The van der Waals surface area contributed by atoms with Crippen molar-refractivity contribution in [3.8, 4) is 0 Å². The minimum atomic E-state index is -0.774. The summed E-state index contributed by atoms with van der Waals surface area (Å²) in [7, 11) is 0. The number of amides is 2. The van der Waals surface area contributed by atoms with Crippen molar-refractivity contribution in [3.63, 3.8) is 0 Å². The Morgan fingerprint density at radius 3 is 2.11 bits per heavy atom. The zero-order valence-electron chi connectivity index (χ0n) is 19.2. The van der Waals surface area contributed by atoms with E-state index in [2.05, 4.69) is 40.2 Å². The fourth-order valence-corrected chi connectivity index (χ4v) is 7.28. The van der Waals surface area contributed by atoms with Gasteiger partial charge in [0.1, 0.15) is 0 Å². The van der Waals surface area contributed by atoms with E-state index in [1.54, 1.807) is 24.3 Å². The van der Waals surface area contributed by atoms with Gasteiger partial charge in [-0.1, -0.05) is 77.8 Å². The van der Waals surface area contributed by atoms with Crippen molar-refractivity contribution in [3.05, 3.63) is 101 Å². The highest BCUT2D eigenvalue weighted by atomic mass is 79.9. The summed E-state index contributed by atoms with van der Waals surface area (Å²) in [6.45, 7) is 2.41. The number of carbonyl (C=O) groups excluding carboxylic acids is 3. The Hall–Kier alpha value is -3.25. The molecule has 1 saturated heterocycles. The van der Waals surface area contributed by atoms with Gasteiger partial charge in [0.05, 0.1) is 34.0 Å². The molecule has 0 saturated carbocycles. The third-order valence-electron chi connectivity index (χ3n) is 7.61. The van der Waals surface area contributed by atoms with Gasteiger partial charge in [-0.25, -0.2) is 9.69 Å². The second-order valence-electron chi connectivity index (χ2n) is 9.42. The van der Waals surface area contributed by atoms with Crippen molar-refractivity contribution >= 4 is 39.4 Å². The molecule has 5 nitrogen and oxygen atoms in total. The number of unbranched alkanes of at least 4 members (excludes halogenated alkanes) is 1. The molecule has 2 unspecified atom stereocenters. The highest BCUT2D eigenvalue weighted by Gasteiger charge is 2.67. The summed E-state index contributed by atoms with van der Waals surface area (Å²) in [6.07, 6.45) is 1.75. The van der Waals surface area contributed by atoms with Crippen LogP contribution in [0.5, 0.6) is 0 Å². The molecule has 1 fully saturated rings. The number of nitrogens with zero attached hydrogens (tertiary/aromatic N) is 1. The second-order valence-corrected chi connectivity index (χ2v) is 10.7. The number of carbonyl (C=O) groups is 3. The van der Waals surface area contributed by atoms with E-state index in [-0.39, 0.29) is 17.7 Å². The maximum atomic E-state index is 13.9. The minimum Gasteiger partial charge on any atom is -0.462 e. The normalized spacial score (nSPS) is 25.8. The van der Waals surface area contributed by atoms with Gasteiger partial charge in [-0.2, -0.15) is 0 Å². The minimum absolute atomic E-state index is 0.180. The van der Waals surface area contributed by atoms with Gasteiger partial charge in [0.25, 0.3) is 0 Å². The molecule has 0 spiro atoms. The summed E-state index contributed by atoms with van der Waals surface area (Å²) in [4.78, 5) is 41.4. The van der Waals surface area contributed by atoms with Crippen LogP contribution >= 0.6 is 15.9 Å². The Balaban J connectivity index is 1.39. The highest BCUT2D eigenvalue weighted by Crippen LogP contribution is 2.66. The first-order valence-electron chi connectivity index (χ1n) is 12.0. The molecule has 4 aliphatic rings. The van der Waals surface area contributed by atoms with Crippen LogP contribution in [0.25, 0.3) is 0 Å². The summed E-state index contributed by atoms with van der Waals surface area (Å²) in [5, 5.41) is 0. The van der Waals surface area contributed by atoms with Gasteiger partial charge in [0, 0.05) is 5.92 Å². The molecule has 2 atom stereocenters. The first kappa shape index (κ1) is 22.2. The monoisotopic (exact) mass is 529 g/mol. The molecule has 0 N–H and O–H groups in total. The zero-order valence-corrected chi connectivity index (χ0v) is 20.8. The van der Waals surface area contributed by atoms with E-state index in [0.29, 0.717) is 17.9 Å². The number of ether oxygens (including phenoxy) is 1. The van der Waals surface area contributed by atoms with Crippen molar-refractivity contribution in [2.45, 2.75) is 30.0 Å². The first-order chi connectivity index (χ1) is 17.0. The van der Waals surface area contributed by atoms with Crippen LogP contribution in [0.1, 0.15) is 58.3 Å². The van der Waals surface area contributed by atoms with E-state index >= 15 is 0 Å². The quantitative estimate of drug-likeness (QED) is 0.188. The van der Waals surface area contributed by atoms with E-state index in [1.807, 2.05) is 31.2 Å². The van der Waals surface area contributed by atoms with Crippen molar-refractivity contribution in [1.29, 1.82) is 0 Å². The number of benzene rings is 3. The fraction of sp³-hybridized carbons (Fsp3) is 0.276. The molecule has 1 aliphatic heterocycles. The number of hydrogen-bond donors (Lipinski definition) is 0. The molecular weight excluding hydrogens is 506 g/mol. The lowest BCUT2D eigenvalue weighted by molar-refractivity contribution is -0.122. The summed E-state index contributed by atoms with van der Waals surface area (Å²) in [5.41, 5.74) is 5.17. The van der Waals surface area contributed by atoms with Crippen LogP contribution in [0.3, 0.4) is 0 Å². The van der Waals surface area contributed by atoms with Gasteiger partial charge in [-0.05, 0) is 52.9 Å². The molecule has 0 radical (unpaired) electrons. The lowest BCUT2D eigenvalue weighted by Gasteiger charge is -2.51. The molecule has 3 aromatic carbocycles. The van der Waals surface area contributed by atoms with E-state index in [1.165, 1.54) is 4.90 Å². The Kier molecular flexibility index (Phi) is 5.18. The molecule has 1 heterocycles. The molecule has 35 heavy (non-hydrogen) atoms. The molecule has 6 heteroatoms. The smallest absolute Gasteiger partial charge is 0.338 e. The van der Waals surface area contributed by atoms with Crippen LogP contribution in [0.15, 0.2) is 72.8 Å². The molecular formula is C29H24BrNO4. The van der Waals surface area contributed by atoms with E-state index in [0.717, 1.165) is 35.1 Å². The lowest BCUT2D eigenvalue weighted by Crippen LogP contribution is -2.50. The Morgan fingerprint density at radius 1 is 0.914 bits per heavy atom. The summed E-state index contributed by atoms with van der Waals surface area (Å²) in [6, 6.07) is 22.8. The van der Waals surface area contributed by atoms with Gasteiger partial charge in [-0.3, -0.25) is 9.59 Å². The molecule has 0 aromatic heterocycles. The number of halogens is 1. The maximum absolute atomic E-state index is 13.9. The van der Waals surface area contributed by atoms with Gasteiger partial charge in [0.2, 0.25) is 11.8 Å². The zero-order chi connectivity index (χ0) is 24.3. The lowest BCUT2D eigenvalue weighted by atomic mass is 9.55. The van der Waals surface area contributed by atoms with Crippen LogP contribution in [0.2, 0.25) is 0 Å². The van der Waals surface area contributed by atoms with Crippen molar-refractivity contribution < 1.29 is 19.1 Å². The van der Waals surface area contributed by atoms with Gasteiger partial charge in [0.15, 0.2) is 0 Å². The number of anilines is 1. The maximum Gasteiger partial charge on any atom is 0.338 e. The average molecular weight is 530 g/mol. The summed E-state index contributed by atoms with van der Waals surface area (Å²) >= 11 is 4.00. The Morgan fingerprint density at radius 2 is 1.51 bits per heavy atom. The standard InChI is InChI=1S/C29H24BrNO4/c1-2-3-16-35-28(34)17-12-14-18(15-13-17)31-26(32)24-23-19-8-4-6-10-21(19)29(30,25(24)27(31)33)22-11-7-5-9-20(22)23/h4-15,23-25H,2-3,16H2,1H3. The largest absolute Gasteiger partial charge is 0.462 e. The second kappa shape index (κ2) is 8.16. The number of imide groups is 1. The van der Waals surface area contributed by atoms with Gasteiger partial charge >= 0.3 is 5.97 Å². The third-order valence-corrected chi connectivity index (χ3v) is 8.95. The molecule has 7 rings (SSSR count). The molecule has 176 valence electrons. The number of hydrogen-bond acceptors (Lipinski definition) is 4. The van der Waals surface area contributed by atoms with Gasteiger partial charge < -0.3 is 4.74 Å². The van der Waals surface area contributed by atoms with Crippen molar-refractivity contribution in [2.75, 3.05) is 11.5 Å². The Bertz CT molecular complexity index is 1320. The fourth-order valence-electron chi connectivity index (χ4n) is 6.07. The van der Waals surface area contributed by atoms with E-state index < -0.39 is 22.1 Å². The number of alkyl halides is 1. The van der Waals surface area contributed by atoms with E-state index in [4.69, 9.17) is 4.74 Å². The first-order valence-corrected chi connectivity index (χ1v) is 12.8. The third kappa shape index (κ3) is 3.02. The van der Waals surface area contributed by atoms with Crippen LogP contribution in [0.4, 0.5) is 5.69 Å². The van der Waals surface area contributed by atoms with Crippen LogP contribution in [0, 0.1) is 11.8 Å². The molecule has 2 bridgehead atoms. The SMILES string of the molecule is CCCCOC(=O)c1ccc(N2C(=O)C3C4c5ccccc5C(Br)(c5ccccc54)C3C2=O)cc1. The number of rotatable bonds is 5. The van der Waals surface area contributed by atoms with Crippen LogP contribution in [-0.4, -0.2) is 24.4 Å². The van der Waals surface area contributed by atoms with Crippen molar-refractivity contribution in [2.24, 2.45) is 11.8 Å². The van der Waals surface area contributed by atoms with Crippen LogP contribution in [-0.2, 0) is 18.7 Å². The topological polar surface area (TPSA) is 63.7 Å². The summed E-state index contributed by atoms with van der Waals surface area (Å²) < 4.78 is 4.51. The molecule has 3 aromatic rings. The number of esters is 1. The highest BCUT2D eigenvalue weighted by molar-refractivity contribution is 9.09. The molecule has 3 aliphatic carbocycles. The molecule has 2 amide bonds. The Labute approximate surface area is 212 Å². The van der Waals surface area contributed by atoms with Crippen LogP contribution < -0.4 is 4.90 Å².